The van der Waals surface area contributed by atoms with Gasteiger partial charge in [-0.05, 0) is 5.53 Å². The summed E-state index contributed by atoms with van der Waals surface area (Å²) in [6.45, 7) is 0. The molecule has 0 fully saturated rings. The third kappa shape index (κ3) is 2.68. The number of rotatable bonds is 3. The van der Waals surface area contributed by atoms with Crippen LogP contribution in [-0.2, 0) is 10.0 Å². The molecule has 1 aromatic carbocycles. The number of nitrogens with zero attached hydrogens (tertiary/aromatic N) is 6. The van der Waals surface area contributed by atoms with Gasteiger partial charge in [0, 0.05) is 4.91 Å². The first kappa shape index (κ1) is 17.1. The summed E-state index contributed by atoms with van der Waals surface area (Å²) in [7, 11) is -4.12. The molecule has 130 valence electrons. The smallest absolute Gasteiger partial charge is 0.223 e. The minimum atomic E-state index is -4.12. The van der Waals surface area contributed by atoms with Crippen LogP contribution in [0.25, 0.3) is 26.7 Å². The first-order valence-corrected chi connectivity index (χ1v) is 8.32. The van der Waals surface area contributed by atoms with Crippen molar-refractivity contribution in [2.75, 3.05) is 0 Å². The van der Waals surface area contributed by atoms with Crippen molar-refractivity contribution in [3.05, 3.63) is 39.9 Å². The van der Waals surface area contributed by atoms with E-state index in [0.717, 1.165) is 10.7 Å². The zero-order valence-corrected chi connectivity index (χ0v) is 13.1. The van der Waals surface area contributed by atoms with Crippen molar-refractivity contribution in [3.63, 3.8) is 0 Å². The second-order valence-electron chi connectivity index (χ2n) is 4.44. The average molecular weight is 393 g/mol. The molecular weight excluding hydrogens is 390 g/mol. The second-order valence-corrected chi connectivity index (χ2v) is 7.13. The van der Waals surface area contributed by atoms with Crippen LogP contribution in [0.1, 0.15) is 0 Å². The van der Waals surface area contributed by atoms with E-state index in [1.54, 1.807) is 0 Å². The van der Waals surface area contributed by atoms with E-state index in [1.165, 1.54) is 0 Å². The van der Waals surface area contributed by atoms with Crippen LogP contribution in [0.15, 0.2) is 15.7 Å². The monoisotopic (exact) mass is 393 g/mol. The number of halogens is 4. The van der Waals surface area contributed by atoms with Crippen molar-refractivity contribution < 1.29 is 26.0 Å². The normalized spacial score (nSPS) is 11.7. The Balaban J connectivity index is 2.25. The van der Waals surface area contributed by atoms with Gasteiger partial charge in [0.25, 0.3) is 10.0 Å². The number of fused-ring (bicyclic) bond motifs is 1. The molecule has 9 nitrogen and oxygen atoms in total. The van der Waals surface area contributed by atoms with E-state index in [2.05, 4.69) is 20.1 Å². The van der Waals surface area contributed by atoms with Gasteiger partial charge >= 0.3 is 0 Å². The Kier molecular flexibility index (Phi) is 3.87. The van der Waals surface area contributed by atoms with Crippen molar-refractivity contribution in [2.45, 2.75) is 4.34 Å². The minimum absolute atomic E-state index is 0.141. The predicted octanol–water partition coefficient (Wildman–Crippen LogP) is 2.60. The first-order chi connectivity index (χ1) is 11.6. The van der Waals surface area contributed by atoms with Crippen molar-refractivity contribution in [2.24, 2.45) is 10.3 Å². The highest BCUT2D eigenvalue weighted by molar-refractivity contribution is 7.91. The molecule has 25 heavy (non-hydrogen) atoms. The van der Waals surface area contributed by atoms with Gasteiger partial charge in [0.1, 0.15) is 5.69 Å². The molecule has 0 amide bonds. The average Bonchev–Trinajstić information content (AvgIpc) is 3.08. The van der Waals surface area contributed by atoms with Crippen LogP contribution in [0, 0.1) is 23.3 Å². The minimum Gasteiger partial charge on any atom is -0.223 e. The lowest BCUT2D eigenvalue weighted by Gasteiger charge is -2.07. The number of nitrogens with two attached hydrogens (primary N) is 1. The lowest BCUT2D eigenvalue weighted by atomic mass is 10.1. The fraction of sp³-hybridized carbons (Fsp3) is 0. The molecule has 0 aliphatic rings. The van der Waals surface area contributed by atoms with Gasteiger partial charge in [-0.2, -0.15) is 0 Å². The summed E-state index contributed by atoms with van der Waals surface area (Å²) in [4.78, 5) is 5.62. The van der Waals surface area contributed by atoms with Crippen molar-refractivity contribution in [1.82, 2.24) is 14.6 Å². The van der Waals surface area contributed by atoms with Gasteiger partial charge in [-0.3, -0.25) is 0 Å². The maximum absolute atomic E-state index is 14.1. The Bertz CT molecular complexity index is 1120. The Labute approximate surface area is 139 Å². The topological polar surface area (TPSA) is 139 Å². The van der Waals surface area contributed by atoms with Crippen LogP contribution in [-0.4, -0.2) is 23.0 Å². The summed E-state index contributed by atoms with van der Waals surface area (Å²) in [6.07, 6.45) is 0.855. The summed E-state index contributed by atoms with van der Waals surface area (Å²) < 4.78 is 78.4. The highest BCUT2D eigenvalue weighted by Gasteiger charge is 2.28. The number of benzene rings is 1. The van der Waals surface area contributed by atoms with Crippen LogP contribution in [0.2, 0.25) is 0 Å². The Morgan fingerprint density at radius 1 is 1.20 bits per heavy atom. The van der Waals surface area contributed by atoms with E-state index < -0.39 is 54.6 Å². The van der Waals surface area contributed by atoms with E-state index in [0.29, 0.717) is 11.3 Å². The molecule has 0 aliphatic heterocycles. The quantitative estimate of drug-likeness (QED) is 0.240. The molecule has 0 unspecified atom stereocenters. The van der Waals surface area contributed by atoms with Crippen LogP contribution in [0.5, 0.6) is 0 Å². The Hall–Kier alpha value is -2.74. The molecule has 0 saturated carbocycles. The summed E-state index contributed by atoms with van der Waals surface area (Å²) in [6, 6.07) is 0. The molecule has 0 bridgehead atoms. The standard InChI is InChI=1S/C10H3F4N7O2S2/c11-4-3(5(12)7(14)8(6(4)13)18-20-15)2-1-21-9(17-2)24-10(19-21)25(16,22)23/h1H,(H2,16,22,23). The van der Waals surface area contributed by atoms with E-state index in [-0.39, 0.29) is 4.96 Å². The number of sulfonamides is 1. The predicted molar refractivity (Wildman–Crippen MR) is 76.3 cm³/mol. The molecule has 3 rings (SSSR count). The van der Waals surface area contributed by atoms with E-state index >= 15 is 0 Å². The fourth-order valence-electron chi connectivity index (χ4n) is 1.89. The third-order valence-corrected chi connectivity index (χ3v) is 5.14. The van der Waals surface area contributed by atoms with Crippen molar-refractivity contribution in [1.29, 1.82) is 0 Å². The largest absolute Gasteiger partial charge is 0.267 e. The molecule has 15 heteroatoms. The zero-order valence-electron chi connectivity index (χ0n) is 11.5. The number of primary sulfonamides is 1. The maximum atomic E-state index is 14.1. The summed E-state index contributed by atoms with van der Waals surface area (Å²) in [5.74, 6) is -7.47. The maximum Gasteiger partial charge on any atom is 0.267 e. The number of azide groups is 1. The zero-order chi connectivity index (χ0) is 18.5. The van der Waals surface area contributed by atoms with Crippen LogP contribution in [0.3, 0.4) is 0 Å². The Morgan fingerprint density at radius 2 is 1.80 bits per heavy atom. The van der Waals surface area contributed by atoms with Gasteiger partial charge in [-0.15, -0.1) is 5.10 Å². The number of hydrogen-bond acceptors (Lipinski definition) is 6. The van der Waals surface area contributed by atoms with Crippen molar-refractivity contribution >= 4 is 32.0 Å². The number of imidazole rings is 1. The number of aromatic nitrogens is 3. The molecular formula is C10H3F4N7O2S2. The highest BCUT2D eigenvalue weighted by atomic mass is 32.2. The second kappa shape index (κ2) is 5.66. The molecule has 0 radical (unpaired) electrons. The van der Waals surface area contributed by atoms with Gasteiger partial charge in [0.05, 0.1) is 17.5 Å². The van der Waals surface area contributed by atoms with Gasteiger partial charge in [0.2, 0.25) is 9.30 Å². The molecule has 0 aliphatic carbocycles. The third-order valence-electron chi connectivity index (χ3n) is 2.91. The molecule has 0 saturated heterocycles. The summed E-state index contributed by atoms with van der Waals surface area (Å²) in [5.41, 5.74) is 5.01. The van der Waals surface area contributed by atoms with E-state index in [4.69, 9.17) is 10.7 Å². The SMILES string of the molecule is [N-]=[N+]=Nc1c(F)c(F)c(-c2cn3nc(S(N)(=O)=O)sc3n2)c(F)c1F. The van der Waals surface area contributed by atoms with E-state index in [9.17, 15) is 26.0 Å². The fourth-order valence-corrected chi connectivity index (χ4v) is 3.40. The highest BCUT2D eigenvalue weighted by Crippen LogP contribution is 2.36. The van der Waals surface area contributed by atoms with Crippen LogP contribution in [0.4, 0.5) is 23.2 Å². The lowest BCUT2D eigenvalue weighted by molar-refractivity contribution is 0.461. The number of hydrogen-bond donors (Lipinski definition) is 1. The molecule has 2 N–H and O–H groups in total. The molecule has 2 heterocycles. The first-order valence-electron chi connectivity index (χ1n) is 5.95. The lowest BCUT2D eigenvalue weighted by Crippen LogP contribution is -2.12. The molecule has 0 spiro atoms. The summed E-state index contributed by atoms with van der Waals surface area (Å²) >= 11 is 0.480. The molecule has 0 atom stereocenters. The van der Waals surface area contributed by atoms with E-state index in [1.807, 2.05) is 0 Å². The summed E-state index contributed by atoms with van der Waals surface area (Å²) in [5, 5.41) is 11.0. The molecule has 2 aromatic heterocycles. The Morgan fingerprint density at radius 3 is 2.28 bits per heavy atom. The van der Waals surface area contributed by atoms with Gasteiger partial charge in [-0.25, -0.2) is 40.6 Å². The van der Waals surface area contributed by atoms with Crippen molar-refractivity contribution in [3.8, 4) is 11.3 Å². The van der Waals surface area contributed by atoms with Gasteiger partial charge in [-0.1, -0.05) is 16.5 Å². The van der Waals surface area contributed by atoms with Crippen LogP contribution < -0.4 is 5.14 Å². The van der Waals surface area contributed by atoms with Crippen LogP contribution >= 0.6 is 11.3 Å². The molecule has 3 aromatic rings. The van der Waals surface area contributed by atoms with Gasteiger partial charge in [0.15, 0.2) is 23.3 Å². The van der Waals surface area contributed by atoms with Gasteiger partial charge < -0.3 is 0 Å².